The van der Waals surface area contributed by atoms with E-state index in [0.717, 1.165) is 22.5 Å². The van der Waals surface area contributed by atoms with Gasteiger partial charge in [0.05, 0.1) is 5.69 Å². The number of imidazole rings is 1. The van der Waals surface area contributed by atoms with E-state index in [0.29, 0.717) is 18.5 Å². The van der Waals surface area contributed by atoms with Crippen LogP contribution >= 0.6 is 0 Å². The molecule has 0 amide bonds. The second kappa shape index (κ2) is 7.42. The van der Waals surface area contributed by atoms with Crippen LogP contribution in [0.1, 0.15) is 40.7 Å². The van der Waals surface area contributed by atoms with Crippen LogP contribution in [0.4, 0.5) is 13.2 Å². The third kappa shape index (κ3) is 4.48. The van der Waals surface area contributed by atoms with Gasteiger partial charge in [-0.3, -0.25) is 9.20 Å². The van der Waals surface area contributed by atoms with E-state index in [1.807, 2.05) is 36.6 Å². The summed E-state index contributed by atoms with van der Waals surface area (Å²) in [6.45, 7) is 3.90. The summed E-state index contributed by atoms with van der Waals surface area (Å²) < 4.78 is 42.3. The van der Waals surface area contributed by atoms with Crippen molar-refractivity contribution < 1.29 is 22.7 Å². The van der Waals surface area contributed by atoms with Crippen molar-refractivity contribution in [3.05, 3.63) is 65.1 Å². The molecule has 0 radical (unpaired) electrons. The minimum absolute atomic E-state index is 0.0411. The molecule has 0 unspecified atom stereocenters. The molecule has 0 atom stereocenters. The number of halogens is 3. The maximum absolute atomic E-state index is 12.8. The number of ether oxygens (including phenoxy) is 1. The van der Waals surface area contributed by atoms with Gasteiger partial charge in [-0.2, -0.15) is 0 Å². The fourth-order valence-corrected chi connectivity index (χ4v) is 2.98. The van der Waals surface area contributed by atoms with Gasteiger partial charge in [0.2, 0.25) is 0 Å². The summed E-state index contributed by atoms with van der Waals surface area (Å²) in [5, 5.41) is 0. The molecular formula is C20H19F3N2O2. The molecule has 2 aromatic heterocycles. The molecule has 0 bridgehead atoms. The predicted molar refractivity (Wildman–Crippen MR) is 95.1 cm³/mol. The van der Waals surface area contributed by atoms with Crippen LogP contribution in [0.2, 0.25) is 0 Å². The highest BCUT2D eigenvalue weighted by atomic mass is 19.4. The average molecular weight is 376 g/mol. The van der Waals surface area contributed by atoms with Crippen LogP contribution in [-0.4, -0.2) is 21.5 Å². The Kier molecular flexibility index (Phi) is 5.21. The van der Waals surface area contributed by atoms with Gasteiger partial charge in [-0.15, -0.1) is 13.2 Å². The smallest absolute Gasteiger partial charge is 0.406 e. The molecule has 0 fully saturated rings. The van der Waals surface area contributed by atoms with Gasteiger partial charge < -0.3 is 4.74 Å². The van der Waals surface area contributed by atoms with Crippen LogP contribution in [0, 0.1) is 6.92 Å². The van der Waals surface area contributed by atoms with Crippen molar-refractivity contribution in [2.24, 2.45) is 0 Å². The standard InChI is InChI=1S/C20H19F3N2O2/c1-3-16-19(25-12-13(2)4-11-18(25)24-16)17(26)10-7-14-5-8-15(9-6-14)27-20(21,22)23/h4-6,8-9,11-12H,3,7,10H2,1-2H3. The largest absolute Gasteiger partial charge is 0.573 e. The van der Waals surface area contributed by atoms with Crippen molar-refractivity contribution in [2.45, 2.75) is 39.5 Å². The Balaban J connectivity index is 1.74. The van der Waals surface area contributed by atoms with E-state index in [1.54, 1.807) is 0 Å². The molecule has 27 heavy (non-hydrogen) atoms. The molecule has 4 nitrogen and oxygen atoms in total. The van der Waals surface area contributed by atoms with Crippen LogP contribution in [0.25, 0.3) is 5.65 Å². The van der Waals surface area contributed by atoms with E-state index in [2.05, 4.69) is 9.72 Å². The summed E-state index contributed by atoms with van der Waals surface area (Å²) in [4.78, 5) is 17.3. The van der Waals surface area contributed by atoms with E-state index in [1.165, 1.54) is 24.3 Å². The third-order valence-corrected chi connectivity index (χ3v) is 4.24. The molecule has 0 aliphatic carbocycles. The number of benzene rings is 1. The van der Waals surface area contributed by atoms with Gasteiger partial charge in [0.15, 0.2) is 5.78 Å². The second-order valence-corrected chi connectivity index (χ2v) is 6.31. The van der Waals surface area contributed by atoms with E-state index in [-0.39, 0.29) is 18.0 Å². The number of hydrogen-bond acceptors (Lipinski definition) is 3. The van der Waals surface area contributed by atoms with E-state index < -0.39 is 6.36 Å². The van der Waals surface area contributed by atoms with Gasteiger partial charge >= 0.3 is 6.36 Å². The number of carbonyl (C=O) groups is 1. The molecule has 0 spiro atoms. The van der Waals surface area contributed by atoms with Gasteiger partial charge in [0.25, 0.3) is 0 Å². The maximum Gasteiger partial charge on any atom is 0.573 e. The van der Waals surface area contributed by atoms with Crippen LogP contribution in [-0.2, 0) is 12.8 Å². The van der Waals surface area contributed by atoms with Gasteiger partial charge in [0.1, 0.15) is 17.1 Å². The lowest BCUT2D eigenvalue weighted by Gasteiger charge is -2.09. The van der Waals surface area contributed by atoms with Gasteiger partial charge in [0, 0.05) is 12.6 Å². The predicted octanol–water partition coefficient (Wildman–Crippen LogP) is 4.92. The SMILES string of the molecule is CCc1nc2ccc(C)cn2c1C(=O)CCc1ccc(OC(F)(F)F)cc1. The zero-order valence-corrected chi connectivity index (χ0v) is 15.0. The lowest BCUT2D eigenvalue weighted by Crippen LogP contribution is -2.17. The molecule has 0 N–H and O–H groups in total. The Morgan fingerprint density at radius 3 is 2.48 bits per heavy atom. The molecule has 0 saturated carbocycles. The molecule has 1 aromatic carbocycles. The fraction of sp³-hybridized carbons (Fsp3) is 0.300. The zero-order valence-electron chi connectivity index (χ0n) is 15.0. The minimum atomic E-state index is -4.71. The third-order valence-electron chi connectivity index (χ3n) is 4.24. The summed E-state index contributed by atoms with van der Waals surface area (Å²) in [6.07, 6.45) is -1.51. The van der Waals surface area contributed by atoms with Crippen LogP contribution < -0.4 is 4.74 Å². The van der Waals surface area contributed by atoms with Gasteiger partial charge in [-0.25, -0.2) is 4.98 Å². The molecule has 0 aliphatic rings. The molecule has 2 heterocycles. The number of Topliss-reactive ketones (excluding diaryl/α,β-unsaturated/α-hetero) is 1. The average Bonchev–Trinajstić information content (AvgIpc) is 2.97. The van der Waals surface area contributed by atoms with Crippen molar-refractivity contribution in [3.63, 3.8) is 0 Å². The highest BCUT2D eigenvalue weighted by Crippen LogP contribution is 2.23. The van der Waals surface area contributed by atoms with Crippen molar-refractivity contribution >= 4 is 11.4 Å². The lowest BCUT2D eigenvalue weighted by atomic mass is 10.0. The van der Waals surface area contributed by atoms with Gasteiger partial charge in [-0.1, -0.05) is 25.1 Å². The summed E-state index contributed by atoms with van der Waals surface area (Å²) in [5.74, 6) is -0.316. The summed E-state index contributed by atoms with van der Waals surface area (Å²) in [7, 11) is 0. The first kappa shape index (κ1) is 18.9. The number of aromatic nitrogens is 2. The van der Waals surface area contributed by atoms with Gasteiger partial charge in [-0.05, 0) is 49.1 Å². The number of nitrogens with zero attached hydrogens (tertiary/aromatic N) is 2. The Labute approximate surface area is 154 Å². The first-order chi connectivity index (χ1) is 12.8. The number of alkyl halides is 3. The Hall–Kier alpha value is -2.83. The van der Waals surface area contributed by atoms with Crippen molar-refractivity contribution in [2.75, 3.05) is 0 Å². The lowest BCUT2D eigenvalue weighted by molar-refractivity contribution is -0.274. The zero-order chi connectivity index (χ0) is 19.6. The molecular weight excluding hydrogens is 357 g/mol. The Morgan fingerprint density at radius 2 is 1.85 bits per heavy atom. The molecule has 0 saturated heterocycles. The number of aryl methyl sites for hydroxylation is 3. The quantitative estimate of drug-likeness (QED) is 0.574. The number of hydrogen-bond donors (Lipinski definition) is 0. The normalized spacial score (nSPS) is 11.7. The number of pyridine rings is 1. The highest BCUT2D eigenvalue weighted by Gasteiger charge is 2.31. The van der Waals surface area contributed by atoms with Crippen molar-refractivity contribution in [1.29, 1.82) is 0 Å². The molecule has 3 rings (SSSR count). The van der Waals surface area contributed by atoms with E-state index >= 15 is 0 Å². The van der Waals surface area contributed by atoms with Crippen molar-refractivity contribution in [1.82, 2.24) is 9.38 Å². The minimum Gasteiger partial charge on any atom is -0.406 e. The van der Waals surface area contributed by atoms with E-state index in [4.69, 9.17) is 0 Å². The number of fused-ring (bicyclic) bond motifs is 1. The van der Waals surface area contributed by atoms with Crippen LogP contribution in [0.5, 0.6) is 5.75 Å². The number of carbonyl (C=O) groups excluding carboxylic acids is 1. The number of rotatable bonds is 6. The second-order valence-electron chi connectivity index (χ2n) is 6.31. The summed E-state index contributed by atoms with van der Waals surface area (Å²) in [5.41, 5.74) is 3.85. The topological polar surface area (TPSA) is 43.6 Å². The summed E-state index contributed by atoms with van der Waals surface area (Å²) >= 11 is 0. The van der Waals surface area contributed by atoms with Crippen molar-refractivity contribution in [3.8, 4) is 5.75 Å². The molecule has 7 heteroatoms. The maximum atomic E-state index is 12.8. The Bertz CT molecular complexity index is 960. The molecule has 3 aromatic rings. The summed E-state index contributed by atoms with van der Waals surface area (Å²) in [6, 6.07) is 9.40. The highest BCUT2D eigenvalue weighted by molar-refractivity contribution is 5.96. The molecule has 0 aliphatic heterocycles. The Morgan fingerprint density at radius 1 is 1.15 bits per heavy atom. The van der Waals surface area contributed by atoms with Crippen LogP contribution in [0.15, 0.2) is 42.6 Å². The first-order valence-electron chi connectivity index (χ1n) is 8.62. The fourth-order valence-electron chi connectivity index (χ4n) is 2.98. The monoisotopic (exact) mass is 376 g/mol. The first-order valence-corrected chi connectivity index (χ1v) is 8.62. The van der Waals surface area contributed by atoms with E-state index in [9.17, 15) is 18.0 Å². The van der Waals surface area contributed by atoms with Crippen LogP contribution in [0.3, 0.4) is 0 Å². The number of ketones is 1. The molecule has 142 valence electrons.